The summed E-state index contributed by atoms with van der Waals surface area (Å²) in [6, 6.07) is 1.66. The van der Waals surface area contributed by atoms with E-state index in [-0.39, 0.29) is 5.97 Å². The molecule has 0 spiro atoms. The van der Waals surface area contributed by atoms with Crippen LogP contribution in [-0.4, -0.2) is 26.7 Å². The van der Waals surface area contributed by atoms with Crippen LogP contribution >= 0.6 is 0 Å². The van der Waals surface area contributed by atoms with E-state index in [4.69, 9.17) is 10.5 Å². The van der Waals surface area contributed by atoms with Crippen LogP contribution < -0.4 is 5.73 Å². The number of carbonyl (C=O) groups is 1. The van der Waals surface area contributed by atoms with Crippen LogP contribution in [0, 0.1) is 0 Å². The lowest BCUT2D eigenvalue weighted by Gasteiger charge is -2.08. The molecule has 6 heteroatoms. The molecule has 2 N–H and O–H groups in total. The van der Waals surface area contributed by atoms with Gasteiger partial charge in [0.25, 0.3) is 0 Å². The molecule has 2 rings (SSSR count). The summed E-state index contributed by atoms with van der Waals surface area (Å²) in [5.41, 5.74) is 6.83. The number of nitrogen functional groups attached to an aromatic ring is 1. The van der Waals surface area contributed by atoms with Gasteiger partial charge in [-0.05, 0) is 18.9 Å². The van der Waals surface area contributed by atoms with Crippen LogP contribution in [0.2, 0.25) is 0 Å². The molecular formula is C14H20N4O2. The van der Waals surface area contributed by atoms with Gasteiger partial charge in [-0.2, -0.15) is 0 Å². The first-order chi connectivity index (χ1) is 9.70. The van der Waals surface area contributed by atoms with Crippen LogP contribution in [0.3, 0.4) is 0 Å². The molecule has 0 aromatic carbocycles. The fourth-order valence-electron chi connectivity index (χ4n) is 2.03. The summed E-state index contributed by atoms with van der Waals surface area (Å²) >= 11 is 0. The standard InChI is InChI=1S/C14H20N4O2/c1-2-5-18-10-12(15)9-13(18)14(19)20-8-3-6-17-7-4-16-11-17/h4,7,9-11H,2-3,5-6,8,15H2,1H3. The van der Waals surface area contributed by atoms with Crippen molar-refractivity contribution in [1.82, 2.24) is 14.1 Å². The van der Waals surface area contributed by atoms with Crippen molar-refractivity contribution in [2.75, 3.05) is 12.3 Å². The number of imidazole rings is 1. The first-order valence-corrected chi connectivity index (χ1v) is 6.79. The average molecular weight is 276 g/mol. The Hall–Kier alpha value is -2.24. The molecule has 0 atom stereocenters. The summed E-state index contributed by atoms with van der Waals surface area (Å²) in [5, 5.41) is 0. The molecule has 108 valence electrons. The van der Waals surface area contributed by atoms with E-state index >= 15 is 0 Å². The molecule has 20 heavy (non-hydrogen) atoms. The minimum atomic E-state index is -0.319. The number of carbonyl (C=O) groups excluding carboxylic acids is 1. The number of anilines is 1. The van der Waals surface area contributed by atoms with Crippen molar-refractivity contribution in [3.63, 3.8) is 0 Å². The topological polar surface area (TPSA) is 75.1 Å². The van der Waals surface area contributed by atoms with Gasteiger partial charge in [0.1, 0.15) is 5.69 Å². The summed E-state index contributed by atoms with van der Waals surface area (Å²) in [7, 11) is 0. The molecule has 2 heterocycles. The lowest BCUT2D eigenvalue weighted by atomic mass is 10.4. The Bertz CT molecular complexity index is 546. The molecule has 2 aromatic heterocycles. The summed E-state index contributed by atoms with van der Waals surface area (Å²) < 4.78 is 9.07. The molecule has 0 fully saturated rings. The molecule has 2 aromatic rings. The van der Waals surface area contributed by atoms with Gasteiger partial charge in [-0.15, -0.1) is 0 Å². The maximum Gasteiger partial charge on any atom is 0.355 e. The highest BCUT2D eigenvalue weighted by molar-refractivity contribution is 5.89. The molecule has 0 radical (unpaired) electrons. The van der Waals surface area contributed by atoms with Crippen molar-refractivity contribution in [3.8, 4) is 0 Å². The van der Waals surface area contributed by atoms with E-state index in [1.165, 1.54) is 0 Å². The molecule has 0 saturated carbocycles. The first kappa shape index (κ1) is 14.2. The summed E-state index contributed by atoms with van der Waals surface area (Å²) in [6.45, 7) is 3.98. The molecule has 0 bridgehead atoms. The zero-order valence-corrected chi connectivity index (χ0v) is 11.7. The number of nitrogens with zero attached hydrogens (tertiary/aromatic N) is 3. The molecule has 0 unspecified atom stereocenters. The van der Waals surface area contributed by atoms with E-state index in [1.807, 2.05) is 15.3 Å². The molecule has 0 aliphatic rings. The van der Waals surface area contributed by atoms with E-state index in [9.17, 15) is 4.79 Å². The van der Waals surface area contributed by atoms with E-state index in [0.29, 0.717) is 18.0 Å². The van der Waals surface area contributed by atoms with E-state index in [0.717, 1.165) is 25.9 Å². The van der Waals surface area contributed by atoms with Gasteiger partial charge in [-0.3, -0.25) is 0 Å². The fourth-order valence-corrected chi connectivity index (χ4v) is 2.03. The highest BCUT2D eigenvalue weighted by Gasteiger charge is 2.13. The Kier molecular flexibility index (Phi) is 4.81. The zero-order valence-electron chi connectivity index (χ0n) is 11.7. The van der Waals surface area contributed by atoms with Crippen LogP contribution in [0.25, 0.3) is 0 Å². The van der Waals surface area contributed by atoms with Crippen molar-refractivity contribution in [2.45, 2.75) is 32.9 Å². The number of esters is 1. The van der Waals surface area contributed by atoms with Crippen molar-refractivity contribution in [3.05, 3.63) is 36.7 Å². The molecule has 0 amide bonds. The summed E-state index contributed by atoms with van der Waals surface area (Å²) in [6.07, 6.45) is 8.82. The van der Waals surface area contributed by atoms with Gasteiger partial charge in [0.05, 0.1) is 18.6 Å². The Balaban J connectivity index is 1.82. The van der Waals surface area contributed by atoms with E-state index in [1.54, 1.807) is 24.8 Å². The number of rotatable bonds is 7. The Morgan fingerprint density at radius 2 is 2.30 bits per heavy atom. The minimum absolute atomic E-state index is 0.319. The molecular weight excluding hydrogens is 256 g/mol. The fraction of sp³-hybridized carbons (Fsp3) is 0.429. The summed E-state index contributed by atoms with van der Waals surface area (Å²) in [5.74, 6) is -0.319. The molecule has 0 saturated heterocycles. The van der Waals surface area contributed by atoms with E-state index < -0.39 is 0 Å². The van der Waals surface area contributed by atoms with E-state index in [2.05, 4.69) is 11.9 Å². The third-order valence-electron chi connectivity index (χ3n) is 2.94. The Labute approximate surface area is 118 Å². The number of nitrogens with two attached hydrogens (primary N) is 1. The third kappa shape index (κ3) is 3.63. The van der Waals surface area contributed by atoms with Crippen molar-refractivity contribution in [2.24, 2.45) is 0 Å². The second-order valence-corrected chi connectivity index (χ2v) is 4.64. The number of hydrogen-bond acceptors (Lipinski definition) is 4. The molecule has 6 nitrogen and oxygen atoms in total. The van der Waals surface area contributed by atoms with Gasteiger partial charge in [0.15, 0.2) is 0 Å². The van der Waals surface area contributed by atoms with Crippen LogP contribution in [0.5, 0.6) is 0 Å². The maximum atomic E-state index is 12.0. The average Bonchev–Trinajstić information content (AvgIpc) is 3.05. The van der Waals surface area contributed by atoms with Crippen LogP contribution in [0.15, 0.2) is 31.0 Å². The zero-order chi connectivity index (χ0) is 14.4. The van der Waals surface area contributed by atoms with Gasteiger partial charge >= 0.3 is 5.97 Å². The predicted octanol–water partition coefficient (Wildman–Crippen LogP) is 1.92. The van der Waals surface area contributed by atoms with Gasteiger partial charge in [0, 0.05) is 31.7 Å². The van der Waals surface area contributed by atoms with Crippen molar-refractivity contribution < 1.29 is 9.53 Å². The van der Waals surface area contributed by atoms with Crippen molar-refractivity contribution >= 4 is 11.7 Å². The first-order valence-electron chi connectivity index (χ1n) is 6.79. The Morgan fingerprint density at radius 3 is 3.00 bits per heavy atom. The highest BCUT2D eigenvalue weighted by Crippen LogP contribution is 2.12. The highest BCUT2D eigenvalue weighted by atomic mass is 16.5. The van der Waals surface area contributed by atoms with Crippen LogP contribution in [0.4, 0.5) is 5.69 Å². The second kappa shape index (κ2) is 6.79. The van der Waals surface area contributed by atoms with Crippen LogP contribution in [-0.2, 0) is 17.8 Å². The van der Waals surface area contributed by atoms with Crippen molar-refractivity contribution in [1.29, 1.82) is 0 Å². The largest absolute Gasteiger partial charge is 0.461 e. The van der Waals surface area contributed by atoms with Gasteiger partial charge < -0.3 is 19.6 Å². The second-order valence-electron chi connectivity index (χ2n) is 4.64. The Morgan fingerprint density at radius 1 is 1.45 bits per heavy atom. The monoisotopic (exact) mass is 276 g/mol. The number of aryl methyl sites for hydroxylation is 2. The number of hydrogen-bond donors (Lipinski definition) is 1. The van der Waals surface area contributed by atoms with Gasteiger partial charge in [-0.1, -0.05) is 6.92 Å². The van der Waals surface area contributed by atoms with Gasteiger partial charge in [-0.25, -0.2) is 9.78 Å². The lowest BCUT2D eigenvalue weighted by Crippen LogP contribution is -2.13. The predicted molar refractivity (Wildman–Crippen MR) is 76.3 cm³/mol. The van der Waals surface area contributed by atoms with Crippen LogP contribution in [0.1, 0.15) is 30.3 Å². The lowest BCUT2D eigenvalue weighted by molar-refractivity contribution is 0.0483. The molecule has 0 aliphatic carbocycles. The molecule has 0 aliphatic heterocycles. The SMILES string of the molecule is CCCn1cc(N)cc1C(=O)OCCCn1ccnc1. The number of ether oxygens (including phenoxy) is 1. The maximum absolute atomic E-state index is 12.0. The third-order valence-corrected chi connectivity index (χ3v) is 2.94. The smallest absolute Gasteiger partial charge is 0.355 e. The quantitative estimate of drug-likeness (QED) is 0.619. The minimum Gasteiger partial charge on any atom is -0.461 e. The van der Waals surface area contributed by atoms with Gasteiger partial charge in [0.2, 0.25) is 0 Å². The number of aromatic nitrogens is 3. The normalized spacial score (nSPS) is 10.7. The summed E-state index contributed by atoms with van der Waals surface area (Å²) in [4.78, 5) is 16.0.